The zero-order chi connectivity index (χ0) is 18.7. The summed E-state index contributed by atoms with van der Waals surface area (Å²) in [6.07, 6.45) is 5.70. The van der Waals surface area contributed by atoms with Gasteiger partial charge in [0.15, 0.2) is 0 Å². The van der Waals surface area contributed by atoms with E-state index >= 15 is 0 Å². The van der Waals surface area contributed by atoms with Crippen LogP contribution in [-0.4, -0.2) is 10.8 Å². The van der Waals surface area contributed by atoms with Gasteiger partial charge in [-0.3, -0.25) is 14.9 Å². The highest BCUT2D eigenvalue weighted by molar-refractivity contribution is 7.16. The number of thiophene rings is 1. The van der Waals surface area contributed by atoms with Crippen LogP contribution in [0.3, 0.4) is 0 Å². The standard InChI is InChI=1S/C19H17N3O3S/c1-12-5-7-15-16(11-20)19(26-17(15)9-12)21-18(23)8-6-13-3-2-4-14(10-13)22(24)25/h2-4,6,8,10,12H,5,7,9H2,1H3,(H,21,23)/b8-6+. The lowest BCUT2D eigenvalue weighted by Crippen LogP contribution is -2.10. The van der Waals surface area contributed by atoms with Crippen molar-refractivity contribution in [3.63, 3.8) is 0 Å². The molecular weight excluding hydrogens is 350 g/mol. The van der Waals surface area contributed by atoms with Crippen LogP contribution in [-0.2, 0) is 17.6 Å². The van der Waals surface area contributed by atoms with Gasteiger partial charge in [-0.05, 0) is 42.4 Å². The highest BCUT2D eigenvalue weighted by Crippen LogP contribution is 2.39. The highest BCUT2D eigenvalue weighted by atomic mass is 32.1. The van der Waals surface area contributed by atoms with Crippen molar-refractivity contribution in [2.45, 2.75) is 26.2 Å². The number of nitrogens with one attached hydrogen (secondary N) is 1. The van der Waals surface area contributed by atoms with E-state index in [1.807, 2.05) is 0 Å². The van der Waals surface area contributed by atoms with Crippen LogP contribution in [0.5, 0.6) is 0 Å². The Labute approximate surface area is 154 Å². The fourth-order valence-corrected chi connectivity index (χ4v) is 4.39. The second-order valence-corrected chi connectivity index (χ2v) is 7.45. The first-order chi connectivity index (χ1) is 12.5. The Hall–Kier alpha value is -2.98. The molecule has 26 heavy (non-hydrogen) atoms. The van der Waals surface area contributed by atoms with E-state index in [0.29, 0.717) is 22.0 Å². The number of hydrogen-bond donors (Lipinski definition) is 1. The molecule has 1 atom stereocenters. The van der Waals surface area contributed by atoms with Crippen molar-refractivity contribution in [1.29, 1.82) is 5.26 Å². The van der Waals surface area contributed by atoms with Crippen LogP contribution < -0.4 is 5.32 Å². The van der Waals surface area contributed by atoms with Gasteiger partial charge in [-0.2, -0.15) is 5.26 Å². The maximum absolute atomic E-state index is 12.2. The van der Waals surface area contributed by atoms with Crippen LogP contribution in [0.25, 0.3) is 6.08 Å². The number of carbonyl (C=O) groups is 1. The first-order valence-electron chi connectivity index (χ1n) is 8.26. The van der Waals surface area contributed by atoms with Crippen molar-refractivity contribution in [3.8, 4) is 6.07 Å². The van der Waals surface area contributed by atoms with Gasteiger partial charge in [-0.15, -0.1) is 11.3 Å². The molecule has 7 heteroatoms. The van der Waals surface area contributed by atoms with E-state index in [4.69, 9.17) is 0 Å². The predicted octanol–water partition coefficient (Wildman–Crippen LogP) is 4.30. The number of amides is 1. The highest BCUT2D eigenvalue weighted by Gasteiger charge is 2.24. The van der Waals surface area contributed by atoms with Gasteiger partial charge in [0.25, 0.3) is 5.69 Å². The fourth-order valence-electron chi connectivity index (χ4n) is 3.02. The molecule has 0 spiro atoms. The van der Waals surface area contributed by atoms with Gasteiger partial charge in [-0.1, -0.05) is 19.1 Å². The van der Waals surface area contributed by atoms with E-state index in [-0.39, 0.29) is 11.6 Å². The third-order valence-electron chi connectivity index (χ3n) is 4.37. The van der Waals surface area contributed by atoms with Crippen LogP contribution >= 0.6 is 11.3 Å². The quantitative estimate of drug-likeness (QED) is 0.495. The first-order valence-corrected chi connectivity index (χ1v) is 9.07. The van der Waals surface area contributed by atoms with Gasteiger partial charge in [0.1, 0.15) is 11.1 Å². The molecule has 0 bridgehead atoms. The van der Waals surface area contributed by atoms with Gasteiger partial charge in [0.05, 0.1) is 10.5 Å². The summed E-state index contributed by atoms with van der Waals surface area (Å²) in [7, 11) is 0. The Morgan fingerprint density at radius 2 is 2.31 bits per heavy atom. The molecule has 2 aromatic rings. The maximum atomic E-state index is 12.2. The monoisotopic (exact) mass is 367 g/mol. The number of nitriles is 1. The van der Waals surface area contributed by atoms with E-state index in [9.17, 15) is 20.2 Å². The SMILES string of the molecule is CC1CCc2c(sc(NC(=O)/C=C/c3cccc([N+](=O)[O-])c3)c2C#N)C1. The molecule has 0 saturated carbocycles. The van der Waals surface area contributed by atoms with Gasteiger partial charge in [-0.25, -0.2) is 0 Å². The summed E-state index contributed by atoms with van der Waals surface area (Å²) in [5.41, 5.74) is 2.16. The minimum atomic E-state index is -0.478. The number of anilines is 1. The largest absolute Gasteiger partial charge is 0.313 e. The third-order valence-corrected chi connectivity index (χ3v) is 5.54. The molecule has 1 N–H and O–H groups in total. The van der Waals surface area contributed by atoms with Crippen molar-refractivity contribution >= 4 is 34.0 Å². The molecule has 1 aromatic carbocycles. The Morgan fingerprint density at radius 1 is 1.50 bits per heavy atom. The molecule has 0 aliphatic heterocycles. The topological polar surface area (TPSA) is 96.0 Å². The number of hydrogen-bond acceptors (Lipinski definition) is 5. The zero-order valence-corrected chi connectivity index (χ0v) is 15.0. The molecule has 6 nitrogen and oxygen atoms in total. The Bertz CT molecular complexity index is 940. The van der Waals surface area contributed by atoms with Crippen LogP contribution in [0.1, 0.15) is 34.9 Å². The van der Waals surface area contributed by atoms with E-state index in [2.05, 4.69) is 18.3 Å². The van der Waals surface area contributed by atoms with E-state index in [0.717, 1.165) is 24.8 Å². The summed E-state index contributed by atoms with van der Waals surface area (Å²) in [5.74, 6) is 0.227. The fraction of sp³-hybridized carbons (Fsp3) is 0.263. The van der Waals surface area contributed by atoms with Crippen molar-refractivity contribution in [2.24, 2.45) is 5.92 Å². The third kappa shape index (κ3) is 3.81. The number of nitro benzene ring substituents is 1. The second-order valence-electron chi connectivity index (χ2n) is 6.34. The molecule has 132 valence electrons. The minimum absolute atomic E-state index is 0.0284. The molecule has 3 rings (SSSR count). The predicted molar refractivity (Wildman–Crippen MR) is 101 cm³/mol. The molecule has 1 aliphatic carbocycles. The second kappa shape index (κ2) is 7.50. The molecular formula is C19H17N3O3S. The summed E-state index contributed by atoms with van der Waals surface area (Å²) in [5, 5.41) is 23.6. The van der Waals surface area contributed by atoms with Crippen molar-refractivity contribution in [3.05, 3.63) is 62.0 Å². The minimum Gasteiger partial charge on any atom is -0.313 e. The Kier molecular flexibility index (Phi) is 5.14. The van der Waals surface area contributed by atoms with Gasteiger partial charge >= 0.3 is 0 Å². The smallest absolute Gasteiger partial charge is 0.270 e. The number of rotatable bonds is 4. The van der Waals surface area contributed by atoms with E-state index < -0.39 is 4.92 Å². The first kappa shape index (κ1) is 17.8. The summed E-state index contributed by atoms with van der Waals surface area (Å²) >= 11 is 1.47. The van der Waals surface area contributed by atoms with Crippen LogP contribution in [0.15, 0.2) is 30.3 Å². The van der Waals surface area contributed by atoms with Gasteiger partial charge < -0.3 is 5.32 Å². The zero-order valence-electron chi connectivity index (χ0n) is 14.2. The molecule has 0 radical (unpaired) electrons. The van der Waals surface area contributed by atoms with Gasteiger partial charge in [0.2, 0.25) is 5.91 Å². The summed E-state index contributed by atoms with van der Waals surface area (Å²) in [6.45, 7) is 2.19. The van der Waals surface area contributed by atoms with Crippen LogP contribution in [0.4, 0.5) is 10.7 Å². The van der Waals surface area contributed by atoms with Crippen LogP contribution in [0, 0.1) is 27.4 Å². The molecule has 1 heterocycles. The maximum Gasteiger partial charge on any atom is 0.270 e. The number of fused-ring (bicyclic) bond motifs is 1. The molecule has 1 unspecified atom stereocenters. The van der Waals surface area contributed by atoms with Crippen LogP contribution in [0.2, 0.25) is 0 Å². The van der Waals surface area contributed by atoms with Crippen molar-refractivity contribution in [2.75, 3.05) is 5.32 Å². The van der Waals surface area contributed by atoms with Crippen molar-refractivity contribution in [1.82, 2.24) is 0 Å². The van der Waals surface area contributed by atoms with Crippen molar-refractivity contribution < 1.29 is 9.72 Å². The number of nitro groups is 1. The molecule has 1 aromatic heterocycles. The molecule has 1 aliphatic rings. The molecule has 1 amide bonds. The lowest BCUT2D eigenvalue weighted by molar-refractivity contribution is -0.384. The number of benzene rings is 1. The number of carbonyl (C=O) groups excluding carboxylic acids is 1. The molecule has 0 saturated heterocycles. The number of non-ortho nitro benzene ring substituents is 1. The summed E-state index contributed by atoms with van der Waals surface area (Å²) in [4.78, 5) is 23.7. The Morgan fingerprint density at radius 3 is 3.04 bits per heavy atom. The Balaban J connectivity index is 1.76. The summed E-state index contributed by atoms with van der Waals surface area (Å²) < 4.78 is 0. The lowest BCUT2D eigenvalue weighted by Gasteiger charge is -2.17. The lowest BCUT2D eigenvalue weighted by atomic mass is 9.89. The molecule has 0 fully saturated rings. The van der Waals surface area contributed by atoms with E-state index in [1.165, 1.54) is 40.5 Å². The summed E-state index contributed by atoms with van der Waals surface area (Å²) in [6, 6.07) is 8.26. The number of nitrogens with zero attached hydrogens (tertiary/aromatic N) is 2. The normalized spacial score (nSPS) is 16.1. The van der Waals surface area contributed by atoms with Gasteiger partial charge in [0, 0.05) is 23.1 Å². The average Bonchev–Trinajstić information content (AvgIpc) is 2.96. The average molecular weight is 367 g/mol. The van der Waals surface area contributed by atoms with E-state index in [1.54, 1.807) is 12.1 Å².